The summed E-state index contributed by atoms with van der Waals surface area (Å²) in [6.45, 7) is 12.8. The number of hydrogen-bond acceptors (Lipinski definition) is 7. The summed E-state index contributed by atoms with van der Waals surface area (Å²) in [6.07, 6.45) is 2.47. The second-order valence-electron chi connectivity index (χ2n) is 6.59. The number of hydrogen-bond donors (Lipinski definition) is 0. The first-order valence-electron chi connectivity index (χ1n) is 9.26. The molecule has 0 saturated carbocycles. The topological polar surface area (TPSA) is 0 Å². The summed E-state index contributed by atoms with van der Waals surface area (Å²) in [6, 6.07) is 6.40. The molecule has 29 heavy (non-hydrogen) atoms. The Balaban J connectivity index is 0. The van der Waals surface area contributed by atoms with Gasteiger partial charge in [0.2, 0.25) is 0 Å². The Morgan fingerprint density at radius 3 is 1.93 bits per heavy atom. The van der Waals surface area contributed by atoms with Crippen LogP contribution in [0.4, 0.5) is 0 Å². The summed E-state index contributed by atoms with van der Waals surface area (Å²) in [5.41, 5.74) is 2.35. The summed E-state index contributed by atoms with van der Waals surface area (Å²) in [4.78, 5) is 2.03. The molecule has 8 heteroatoms. The molecule has 1 aromatic carbocycles. The molecule has 0 aromatic heterocycles. The molecule has 0 bridgehead atoms. The smallest absolute Gasteiger partial charge is 0.0129 e. The van der Waals surface area contributed by atoms with Crippen LogP contribution in [0.25, 0.3) is 4.91 Å². The standard InChI is InChI=1S/C13H18S3.C8H16S4.Ni/c1-3-4-7-16-13-6-5-10(2)8-11(13)12(15)9-14;1-5(2)11-7(9)8(10)12-6(3)4;/h5-6,8-9,14-15H,3-4,7H2,1-2H3;5-6,9-10H,1-4H3;/p-4/b12-9-;8-7-;. The third-order valence-electron chi connectivity index (χ3n) is 3.12. The second kappa shape index (κ2) is 18.7. The Hall–Kier alpha value is 1.12. The fourth-order valence-electron chi connectivity index (χ4n) is 1.88. The zero-order valence-electron chi connectivity index (χ0n) is 17.8. The van der Waals surface area contributed by atoms with Crippen LogP contribution in [-0.4, -0.2) is 16.3 Å². The molecule has 0 spiro atoms. The van der Waals surface area contributed by atoms with Crippen molar-refractivity contribution in [1.82, 2.24) is 0 Å². The minimum atomic E-state index is 0. The average Bonchev–Trinajstić information content (AvgIpc) is 2.61. The number of unbranched alkanes of at least 4 members (excludes halogenated alkanes) is 1. The van der Waals surface area contributed by atoms with Gasteiger partial charge in [-0.05, 0) is 30.7 Å². The molecule has 0 aliphatic carbocycles. The van der Waals surface area contributed by atoms with E-state index in [1.807, 2.05) is 11.8 Å². The molecule has 0 aliphatic rings. The first-order chi connectivity index (χ1) is 13.1. The second-order valence-corrected chi connectivity index (χ2v) is 12.9. The van der Waals surface area contributed by atoms with Gasteiger partial charge in [-0.2, -0.15) is 36.9 Å². The zero-order chi connectivity index (χ0) is 21.7. The quantitative estimate of drug-likeness (QED) is 0.128. The van der Waals surface area contributed by atoms with Crippen molar-refractivity contribution in [2.24, 2.45) is 0 Å². The van der Waals surface area contributed by atoms with Crippen LogP contribution in [-0.2, 0) is 67.0 Å². The van der Waals surface area contributed by atoms with Crippen LogP contribution in [0.15, 0.2) is 37.0 Å². The van der Waals surface area contributed by atoms with Gasteiger partial charge < -0.3 is 50.5 Å². The monoisotopic (exact) mass is 564 g/mol. The van der Waals surface area contributed by atoms with Crippen LogP contribution in [0.3, 0.4) is 0 Å². The summed E-state index contributed by atoms with van der Waals surface area (Å²) in [5.74, 6) is 1.15. The molecule has 0 unspecified atom stereocenters. The molecule has 0 aliphatic heterocycles. The van der Waals surface area contributed by atoms with E-state index in [1.54, 1.807) is 28.9 Å². The van der Waals surface area contributed by atoms with Crippen molar-refractivity contribution in [3.05, 3.63) is 43.2 Å². The van der Waals surface area contributed by atoms with Gasteiger partial charge in [0.05, 0.1) is 0 Å². The molecule has 0 heterocycles. The first-order valence-corrected chi connectivity index (χ1v) is 13.7. The van der Waals surface area contributed by atoms with Gasteiger partial charge in [-0.25, -0.2) is 5.41 Å². The molecule has 0 atom stereocenters. The number of thioether (sulfide) groups is 3. The fraction of sp³-hybridized carbons (Fsp3) is 0.524. The Morgan fingerprint density at radius 1 is 1.00 bits per heavy atom. The van der Waals surface area contributed by atoms with E-state index in [9.17, 15) is 0 Å². The van der Waals surface area contributed by atoms with E-state index in [-0.39, 0.29) is 16.5 Å². The maximum absolute atomic E-state index is 5.27. The molecule has 0 N–H and O–H groups in total. The number of rotatable bonds is 9. The van der Waals surface area contributed by atoms with Crippen molar-refractivity contribution in [1.29, 1.82) is 0 Å². The van der Waals surface area contributed by atoms with Gasteiger partial charge in [0, 0.05) is 31.9 Å². The molecule has 1 aromatic rings. The normalized spacial score (nSPS) is 12.2. The Kier molecular flexibility index (Phi) is 20.8. The third kappa shape index (κ3) is 15.5. The molecular weight excluding hydrogens is 535 g/mol. The molecule has 0 amide bonds. The van der Waals surface area contributed by atoms with E-state index >= 15 is 0 Å². The molecule has 1 rings (SSSR count). The maximum Gasteiger partial charge on any atom is 0.0129 e. The van der Waals surface area contributed by atoms with Crippen molar-refractivity contribution in [3.8, 4) is 0 Å². The van der Waals surface area contributed by atoms with Crippen LogP contribution in [0.1, 0.15) is 58.6 Å². The van der Waals surface area contributed by atoms with E-state index in [2.05, 4.69) is 59.7 Å². The van der Waals surface area contributed by atoms with Gasteiger partial charge in [-0.1, -0.05) is 58.7 Å². The SMILES string of the molecule is CC(C)S/C([S-])=C(/[S-])SC(C)C.CCCCSc1ccc(C)cc1/C([S-])=C/[S-].[Ni]. The van der Waals surface area contributed by atoms with Crippen LogP contribution in [0, 0.1) is 6.92 Å². The van der Waals surface area contributed by atoms with Crippen molar-refractivity contribution < 1.29 is 16.5 Å². The maximum atomic E-state index is 5.27. The van der Waals surface area contributed by atoms with Crippen molar-refractivity contribution in [3.63, 3.8) is 0 Å². The molecule has 170 valence electrons. The van der Waals surface area contributed by atoms with E-state index in [1.165, 1.54) is 23.3 Å². The first kappa shape index (κ1) is 32.3. The van der Waals surface area contributed by atoms with E-state index in [0.717, 1.165) is 24.7 Å². The zero-order valence-corrected chi connectivity index (χ0v) is 24.5. The van der Waals surface area contributed by atoms with Gasteiger partial charge in [0.15, 0.2) is 0 Å². The van der Waals surface area contributed by atoms with Gasteiger partial charge in [0.25, 0.3) is 0 Å². The fourth-order valence-corrected chi connectivity index (χ4v) is 6.16. The van der Waals surface area contributed by atoms with Crippen LogP contribution < -0.4 is 0 Å². The van der Waals surface area contributed by atoms with Crippen LogP contribution >= 0.6 is 35.3 Å². The Bertz CT molecular complexity index is 622. The summed E-state index contributed by atoms with van der Waals surface area (Å²) < 4.78 is 1.75. The predicted octanol–water partition coefficient (Wildman–Crippen LogP) is 7.77. The Morgan fingerprint density at radius 2 is 1.52 bits per heavy atom. The third-order valence-corrected chi connectivity index (χ3v) is 8.28. The average molecular weight is 566 g/mol. The van der Waals surface area contributed by atoms with Crippen molar-refractivity contribution >= 4 is 90.7 Å². The van der Waals surface area contributed by atoms with E-state index in [0.29, 0.717) is 10.5 Å². The van der Waals surface area contributed by atoms with Crippen LogP contribution in [0.5, 0.6) is 0 Å². The van der Waals surface area contributed by atoms with Gasteiger partial charge in [-0.15, -0.1) is 11.8 Å². The minimum Gasteiger partial charge on any atom is -0.789 e. The summed E-state index contributed by atoms with van der Waals surface area (Å²) >= 11 is 25.8. The number of benzene rings is 1. The molecular formula is C21H30NiS7-4. The van der Waals surface area contributed by atoms with Crippen LogP contribution in [0.2, 0.25) is 0 Å². The molecule has 0 fully saturated rings. The molecule has 0 saturated heterocycles. The van der Waals surface area contributed by atoms with Crippen molar-refractivity contribution in [2.45, 2.75) is 69.8 Å². The summed E-state index contributed by atoms with van der Waals surface area (Å²) in [5, 5.41) is 2.65. The van der Waals surface area contributed by atoms with E-state index in [4.69, 9.17) is 50.5 Å². The minimum absolute atomic E-state index is 0. The van der Waals surface area contributed by atoms with Gasteiger partial charge in [0.1, 0.15) is 0 Å². The number of aryl methyl sites for hydroxylation is 1. The largest absolute Gasteiger partial charge is 0.789 e. The predicted molar refractivity (Wildman–Crippen MR) is 147 cm³/mol. The van der Waals surface area contributed by atoms with Crippen molar-refractivity contribution in [2.75, 3.05) is 5.75 Å². The van der Waals surface area contributed by atoms with Gasteiger partial charge in [-0.3, -0.25) is 0 Å². The summed E-state index contributed by atoms with van der Waals surface area (Å²) in [7, 11) is 0. The Labute approximate surface area is 224 Å². The molecule has 0 nitrogen and oxygen atoms in total. The molecule has 0 radical (unpaired) electrons. The van der Waals surface area contributed by atoms with E-state index < -0.39 is 0 Å². The van der Waals surface area contributed by atoms with Gasteiger partial charge >= 0.3 is 0 Å².